The van der Waals surface area contributed by atoms with Crippen LogP contribution in [0.3, 0.4) is 0 Å². The summed E-state index contributed by atoms with van der Waals surface area (Å²) in [4.78, 5) is 25.0. The Balaban J connectivity index is 1.61. The second kappa shape index (κ2) is 8.82. The van der Waals surface area contributed by atoms with Crippen molar-refractivity contribution in [1.82, 2.24) is 14.9 Å². The predicted molar refractivity (Wildman–Crippen MR) is 120 cm³/mol. The van der Waals surface area contributed by atoms with Gasteiger partial charge in [-0.2, -0.15) is 5.26 Å². The second-order valence-corrected chi connectivity index (χ2v) is 8.42. The highest BCUT2D eigenvalue weighted by Gasteiger charge is 2.43. The standard InChI is InChI=1S/C23H27N7O/c1-14(25)10-20(26)28-21-13-19-18(4-2-8-27-19)22(29-21)23(31)15-11-16-5-6-17(12-15)30(16)9-3-7-24/h2,4,8,10,13,15-17H,3,5-6,9,11-12,25H2,1H3,(H2,26,28,29)/b14-10-/t15-,16-,17+. The van der Waals surface area contributed by atoms with E-state index in [1.807, 2.05) is 12.1 Å². The minimum absolute atomic E-state index is 0.0376. The van der Waals surface area contributed by atoms with E-state index in [0.29, 0.717) is 41.2 Å². The number of fused-ring (bicyclic) bond motifs is 3. The van der Waals surface area contributed by atoms with E-state index >= 15 is 0 Å². The average molecular weight is 418 g/mol. The van der Waals surface area contributed by atoms with E-state index in [-0.39, 0.29) is 17.5 Å². The van der Waals surface area contributed by atoms with Crippen LogP contribution in [-0.2, 0) is 0 Å². The summed E-state index contributed by atoms with van der Waals surface area (Å²) in [7, 11) is 0. The van der Waals surface area contributed by atoms with Crippen LogP contribution >= 0.6 is 0 Å². The second-order valence-electron chi connectivity index (χ2n) is 8.42. The smallest absolute Gasteiger partial charge is 0.185 e. The van der Waals surface area contributed by atoms with E-state index in [4.69, 9.17) is 16.4 Å². The Morgan fingerprint density at radius 2 is 2.16 bits per heavy atom. The van der Waals surface area contributed by atoms with Crippen molar-refractivity contribution in [2.75, 3.05) is 11.9 Å². The molecule has 3 atom stereocenters. The van der Waals surface area contributed by atoms with Crippen molar-refractivity contribution in [1.29, 1.82) is 10.7 Å². The number of nitrogens with zero attached hydrogens (tertiary/aromatic N) is 4. The van der Waals surface area contributed by atoms with Crippen molar-refractivity contribution >= 4 is 28.3 Å². The zero-order chi connectivity index (χ0) is 22.0. The van der Waals surface area contributed by atoms with E-state index in [1.165, 1.54) is 6.08 Å². The highest BCUT2D eigenvalue weighted by Crippen LogP contribution is 2.40. The van der Waals surface area contributed by atoms with Crippen LogP contribution in [0.15, 0.2) is 36.2 Å². The quantitative estimate of drug-likeness (QED) is 0.373. The number of amidine groups is 1. The number of Topliss-reactive ketones (excluding diaryl/α,β-unsaturated/α-hetero) is 1. The van der Waals surface area contributed by atoms with Gasteiger partial charge in [0.15, 0.2) is 5.78 Å². The molecule has 0 saturated carbocycles. The maximum absolute atomic E-state index is 13.6. The van der Waals surface area contributed by atoms with Crippen molar-refractivity contribution in [3.05, 3.63) is 41.9 Å². The lowest BCUT2D eigenvalue weighted by Crippen LogP contribution is -2.45. The van der Waals surface area contributed by atoms with Crippen molar-refractivity contribution in [2.24, 2.45) is 11.7 Å². The van der Waals surface area contributed by atoms with Gasteiger partial charge in [0.05, 0.1) is 11.6 Å². The molecule has 2 aromatic heterocycles. The van der Waals surface area contributed by atoms with Crippen molar-refractivity contribution in [2.45, 2.75) is 51.1 Å². The summed E-state index contributed by atoms with van der Waals surface area (Å²) in [6, 6.07) is 8.38. The molecule has 4 rings (SSSR count). The van der Waals surface area contributed by atoms with E-state index in [1.54, 1.807) is 19.2 Å². The van der Waals surface area contributed by atoms with Crippen LogP contribution in [0.25, 0.3) is 10.9 Å². The molecule has 2 saturated heterocycles. The molecule has 0 aliphatic carbocycles. The van der Waals surface area contributed by atoms with E-state index in [2.05, 4.69) is 26.3 Å². The van der Waals surface area contributed by atoms with Crippen molar-refractivity contribution in [3.8, 4) is 6.07 Å². The average Bonchev–Trinajstić information content (AvgIpc) is 2.97. The lowest BCUT2D eigenvalue weighted by atomic mass is 9.85. The summed E-state index contributed by atoms with van der Waals surface area (Å²) < 4.78 is 0. The summed E-state index contributed by atoms with van der Waals surface area (Å²) in [6.45, 7) is 2.49. The van der Waals surface area contributed by atoms with Crippen LogP contribution in [0.4, 0.5) is 5.82 Å². The van der Waals surface area contributed by atoms with Crippen LogP contribution in [0, 0.1) is 22.7 Å². The molecule has 4 N–H and O–H groups in total. The molecule has 160 valence electrons. The zero-order valence-corrected chi connectivity index (χ0v) is 17.6. The summed E-state index contributed by atoms with van der Waals surface area (Å²) in [6.07, 6.45) is 7.47. The third-order valence-electron chi connectivity index (χ3n) is 6.20. The number of rotatable bonds is 6. The largest absolute Gasteiger partial charge is 0.402 e. The summed E-state index contributed by atoms with van der Waals surface area (Å²) in [5, 5.41) is 20.6. The van der Waals surface area contributed by atoms with Crippen molar-refractivity contribution < 1.29 is 4.79 Å². The molecular formula is C23H27N7O. The highest BCUT2D eigenvalue weighted by atomic mass is 16.1. The normalized spacial score (nSPS) is 23.5. The number of carbonyl (C=O) groups is 1. The van der Waals surface area contributed by atoms with Gasteiger partial charge in [-0.15, -0.1) is 0 Å². The molecule has 8 nitrogen and oxygen atoms in total. The molecule has 0 aromatic carbocycles. The number of nitriles is 1. The fraction of sp³-hybridized carbons (Fsp3) is 0.435. The molecule has 0 radical (unpaired) electrons. The van der Waals surface area contributed by atoms with Gasteiger partial charge in [0, 0.05) is 54.3 Å². The van der Waals surface area contributed by atoms with Gasteiger partial charge in [0.2, 0.25) is 0 Å². The topological polar surface area (TPSA) is 132 Å². The number of allylic oxidation sites excluding steroid dienone is 1. The third kappa shape index (κ3) is 4.42. The highest BCUT2D eigenvalue weighted by molar-refractivity contribution is 6.08. The van der Waals surface area contributed by atoms with Gasteiger partial charge in [0.25, 0.3) is 0 Å². The Morgan fingerprint density at radius 1 is 1.42 bits per heavy atom. The summed E-state index contributed by atoms with van der Waals surface area (Å²) in [5.41, 5.74) is 7.24. The number of ketones is 1. The molecule has 2 aliphatic rings. The Hall–Kier alpha value is -3.31. The third-order valence-corrected chi connectivity index (χ3v) is 6.20. The summed E-state index contributed by atoms with van der Waals surface area (Å²) in [5.74, 6) is 0.458. The number of aromatic nitrogens is 2. The lowest BCUT2D eigenvalue weighted by Gasteiger charge is -2.38. The number of hydrogen-bond donors (Lipinski definition) is 3. The van der Waals surface area contributed by atoms with E-state index in [9.17, 15) is 4.79 Å². The number of carbonyl (C=O) groups excluding carboxylic acids is 1. The van der Waals surface area contributed by atoms with Gasteiger partial charge in [-0.1, -0.05) is 0 Å². The fourth-order valence-corrected chi connectivity index (χ4v) is 4.95. The van der Waals surface area contributed by atoms with Crippen LogP contribution in [-0.4, -0.2) is 45.1 Å². The minimum atomic E-state index is -0.0902. The Kier molecular flexibility index (Phi) is 5.96. The molecule has 2 aliphatic heterocycles. The van der Waals surface area contributed by atoms with E-state index in [0.717, 1.165) is 37.6 Å². The van der Waals surface area contributed by atoms with E-state index < -0.39 is 0 Å². The Morgan fingerprint density at radius 3 is 2.84 bits per heavy atom. The molecule has 0 spiro atoms. The Bertz CT molecular complexity index is 1070. The van der Waals surface area contributed by atoms with Gasteiger partial charge in [-0.25, -0.2) is 4.98 Å². The molecule has 0 unspecified atom stereocenters. The first kappa shape index (κ1) is 20.9. The number of nitrogens with two attached hydrogens (primary N) is 1. The molecule has 4 heterocycles. The van der Waals surface area contributed by atoms with Gasteiger partial charge in [0.1, 0.15) is 17.3 Å². The van der Waals surface area contributed by atoms with Crippen LogP contribution in [0.1, 0.15) is 49.5 Å². The molecule has 31 heavy (non-hydrogen) atoms. The number of piperidine rings is 1. The first-order valence-corrected chi connectivity index (χ1v) is 10.7. The maximum Gasteiger partial charge on any atom is 0.185 e. The number of nitrogens with one attached hydrogen (secondary N) is 2. The SMILES string of the molecule is C/C(N)=C/C(=N)Nc1cc2ncccc2c(C(=O)[C@@H]2C[C@H]3CC[C@@H](C2)N3CCC#N)n1. The van der Waals surface area contributed by atoms with Crippen LogP contribution in [0.5, 0.6) is 0 Å². The van der Waals surface area contributed by atoms with Crippen LogP contribution < -0.4 is 11.1 Å². The number of pyridine rings is 2. The first-order chi connectivity index (χ1) is 15.0. The molecule has 2 aromatic rings. The van der Waals surface area contributed by atoms with Crippen LogP contribution in [0.2, 0.25) is 0 Å². The lowest BCUT2D eigenvalue weighted by molar-refractivity contribution is 0.0706. The first-order valence-electron chi connectivity index (χ1n) is 10.7. The van der Waals surface area contributed by atoms with Gasteiger partial charge < -0.3 is 11.1 Å². The summed E-state index contributed by atoms with van der Waals surface area (Å²) >= 11 is 0. The zero-order valence-electron chi connectivity index (χ0n) is 17.6. The minimum Gasteiger partial charge on any atom is -0.402 e. The van der Waals surface area contributed by atoms with Gasteiger partial charge in [-0.05, 0) is 50.8 Å². The fourth-order valence-electron chi connectivity index (χ4n) is 4.95. The molecular weight excluding hydrogens is 390 g/mol. The number of hydrogen-bond acceptors (Lipinski definition) is 7. The molecule has 2 bridgehead atoms. The predicted octanol–water partition coefficient (Wildman–Crippen LogP) is 3.22. The van der Waals surface area contributed by atoms with Gasteiger partial charge >= 0.3 is 0 Å². The number of anilines is 1. The molecule has 8 heteroatoms. The van der Waals surface area contributed by atoms with Crippen molar-refractivity contribution in [3.63, 3.8) is 0 Å². The van der Waals surface area contributed by atoms with Gasteiger partial charge in [-0.3, -0.25) is 20.1 Å². The molecule has 0 amide bonds. The molecule has 2 fully saturated rings. The maximum atomic E-state index is 13.6. The Labute approximate surface area is 181 Å². The monoisotopic (exact) mass is 417 g/mol.